The zero-order chi connectivity index (χ0) is 33.3. The summed E-state index contributed by atoms with van der Waals surface area (Å²) in [5.41, 5.74) is 2.19. The number of halogens is 5. The molecule has 5 rings (SSSR count). The largest absolute Gasteiger partial charge is 0.573 e. The van der Waals surface area contributed by atoms with Crippen LogP contribution in [-0.4, -0.2) is 45.7 Å². The van der Waals surface area contributed by atoms with E-state index in [2.05, 4.69) is 15.4 Å². The fourth-order valence-corrected chi connectivity index (χ4v) is 5.50. The highest BCUT2D eigenvalue weighted by atomic mass is 35.5. The second-order valence-electron chi connectivity index (χ2n) is 10.7. The van der Waals surface area contributed by atoms with E-state index in [1.54, 1.807) is 42.2 Å². The second-order valence-corrected chi connectivity index (χ2v) is 11.5. The molecule has 0 unspecified atom stereocenters. The molecule has 1 aliphatic rings. The first kappa shape index (κ1) is 32.8. The Morgan fingerprint density at radius 1 is 1.00 bits per heavy atom. The van der Waals surface area contributed by atoms with Gasteiger partial charge in [0.15, 0.2) is 0 Å². The molecule has 1 aromatic heterocycles. The standard InChI is InChI=1S/C32H28Cl2F3N5O4/c1-17-14-24-27(16-41(17)29(44)21-8-13-25(33)26(34)15-21)40-31(39-18(2)19-6-11-23(12-7-19)46-32(35,36)37)42(30(24)45)22-9-4-20(5-10-22)28(43)38-3/h4-13,15,17-18H,14,16H2,1-3H3,(H,38,43)(H,39,40)/t17-,18-/m1/s1. The van der Waals surface area contributed by atoms with Crippen LogP contribution in [0.4, 0.5) is 19.1 Å². The number of nitrogens with zero attached hydrogens (tertiary/aromatic N) is 3. The van der Waals surface area contributed by atoms with Crippen molar-refractivity contribution >= 4 is 41.0 Å². The number of carbonyl (C=O) groups is 2. The Labute approximate surface area is 271 Å². The molecule has 0 bridgehead atoms. The maximum absolute atomic E-state index is 14.1. The van der Waals surface area contributed by atoms with Crippen molar-refractivity contribution in [2.45, 2.75) is 45.3 Å². The van der Waals surface area contributed by atoms with Crippen molar-refractivity contribution in [3.05, 3.63) is 115 Å². The highest BCUT2D eigenvalue weighted by Gasteiger charge is 2.33. The number of amides is 2. The van der Waals surface area contributed by atoms with E-state index in [1.165, 1.54) is 48.0 Å². The average molecular weight is 675 g/mol. The Balaban J connectivity index is 1.54. The molecule has 46 heavy (non-hydrogen) atoms. The van der Waals surface area contributed by atoms with Crippen LogP contribution < -0.4 is 20.9 Å². The number of aromatic nitrogens is 2. The van der Waals surface area contributed by atoms with Gasteiger partial charge in [-0.1, -0.05) is 35.3 Å². The molecule has 0 saturated carbocycles. The molecular weight excluding hydrogens is 646 g/mol. The van der Waals surface area contributed by atoms with Gasteiger partial charge in [0.1, 0.15) is 5.75 Å². The molecule has 0 saturated heterocycles. The van der Waals surface area contributed by atoms with Crippen molar-refractivity contribution < 1.29 is 27.5 Å². The summed E-state index contributed by atoms with van der Waals surface area (Å²) in [6.07, 6.45) is -4.60. The quantitative estimate of drug-likeness (QED) is 0.230. The topological polar surface area (TPSA) is 106 Å². The number of alkyl halides is 3. The number of rotatable bonds is 7. The second kappa shape index (κ2) is 13.1. The molecule has 0 fully saturated rings. The van der Waals surface area contributed by atoms with E-state index in [4.69, 9.17) is 28.2 Å². The summed E-state index contributed by atoms with van der Waals surface area (Å²) in [6.45, 7) is 3.63. The van der Waals surface area contributed by atoms with Crippen LogP contribution in [0.15, 0.2) is 71.5 Å². The van der Waals surface area contributed by atoms with Gasteiger partial charge in [-0.15, -0.1) is 13.2 Å². The molecule has 9 nitrogen and oxygen atoms in total. The van der Waals surface area contributed by atoms with Gasteiger partial charge in [-0.3, -0.25) is 14.4 Å². The van der Waals surface area contributed by atoms with E-state index in [0.29, 0.717) is 38.7 Å². The lowest BCUT2D eigenvalue weighted by atomic mass is 9.98. The zero-order valence-corrected chi connectivity index (χ0v) is 26.3. The Bertz CT molecular complexity index is 1850. The van der Waals surface area contributed by atoms with Gasteiger partial charge in [-0.05, 0) is 80.4 Å². The Kier molecular flexibility index (Phi) is 9.32. The van der Waals surface area contributed by atoms with Crippen molar-refractivity contribution in [2.75, 3.05) is 12.4 Å². The average Bonchev–Trinajstić information content (AvgIpc) is 3.01. The summed E-state index contributed by atoms with van der Waals surface area (Å²) in [4.78, 5) is 46.2. The van der Waals surface area contributed by atoms with Crippen LogP contribution in [0.3, 0.4) is 0 Å². The summed E-state index contributed by atoms with van der Waals surface area (Å²) in [5, 5.41) is 6.31. The maximum Gasteiger partial charge on any atom is 0.573 e. The van der Waals surface area contributed by atoms with Gasteiger partial charge >= 0.3 is 6.36 Å². The highest BCUT2D eigenvalue weighted by Crippen LogP contribution is 2.29. The predicted molar refractivity (Wildman–Crippen MR) is 168 cm³/mol. The predicted octanol–water partition coefficient (Wildman–Crippen LogP) is 6.56. The molecule has 2 amide bonds. The molecule has 2 atom stereocenters. The molecular formula is C32H28Cl2F3N5O4. The van der Waals surface area contributed by atoms with Gasteiger partial charge in [0, 0.05) is 29.8 Å². The molecule has 14 heteroatoms. The highest BCUT2D eigenvalue weighted by molar-refractivity contribution is 6.42. The Morgan fingerprint density at radius 3 is 2.26 bits per heavy atom. The van der Waals surface area contributed by atoms with Crippen molar-refractivity contribution in [3.8, 4) is 11.4 Å². The zero-order valence-electron chi connectivity index (χ0n) is 24.8. The van der Waals surface area contributed by atoms with Crippen LogP contribution in [0.1, 0.15) is 57.4 Å². The number of anilines is 1. The normalized spacial score (nSPS) is 15.1. The third kappa shape index (κ3) is 6.97. The summed E-state index contributed by atoms with van der Waals surface area (Å²) >= 11 is 12.2. The third-order valence-electron chi connectivity index (χ3n) is 7.62. The van der Waals surface area contributed by atoms with E-state index in [9.17, 15) is 27.6 Å². The van der Waals surface area contributed by atoms with E-state index in [-0.39, 0.29) is 53.1 Å². The smallest absolute Gasteiger partial charge is 0.406 e. The Morgan fingerprint density at radius 2 is 1.65 bits per heavy atom. The lowest BCUT2D eigenvalue weighted by Gasteiger charge is -2.35. The van der Waals surface area contributed by atoms with E-state index >= 15 is 0 Å². The first-order valence-corrected chi connectivity index (χ1v) is 14.9. The van der Waals surface area contributed by atoms with E-state index in [0.717, 1.165) is 0 Å². The van der Waals surface area contributed by atoms with Crippen LogP contribution in [0.2, 0.25) is 10.0 Å². The number of benzene rings is 3. The van der Waals surface area contributed by atoms with E-state index < -0.39 is 12.4 Å². The summed E-state index contributed by atoms with van der Waals surface area (Å²) in [5.74, 6) is -0.843. The van der Waals surface area contributed by atoms with Crippen molar-refractivity contribution in [2.24, 2.45) is 0 Å². The van der Waals surface area contributed by atoms with E-state index in [1.807, 2.05) is 6.92 Å². The third-order valence-corrected chi connectivity index (χ3v) is 8.35. The van der Waals surface area contributed by atoms with Crippen molar-refractivity contribution in [1.82, 2.24) is 19.8 Å². The summed E-state index contributed by atoms with van der Waals surface area (Å²) in [7, 11) is 1.51. The first-order chi connectivity index (χ1) is 21.8. The van der Waals surface area contributed by atoms with Crippen molar-refractivity contribution in [1.29, 1.82) is 0 Å². The van der Waals surface area contributed by atoms with Gasteiger partial charge in [0.05, 0.1) is 34.0 Å². The summed E-state index contributed by atoms with van der Waals surface area (Å²) in [6, 6.07) is 15.4. The van der Waals surface area contributed by atoms with Gasteiger partial charge in [-0.2, -0.15) is 0 Å². The van der Waals surface area contributed by atoms with Crippen LogP contribution >= 0.6 is 23.2 Å². The molecule has 1 aliphatic heterocycles. The minimum Gasteiger partial charge on any atom is -0.406 e. The fourth-order valence-electron chi connectivity index (χ4n) is 5.20. The van der Waals surface area contributed by atoms with Crippen LogP contribution in [-0.2, 0) is 13.0 Å². The number of ether oxygens (including phenoxy) is 1. The number of hydrogen-bond acceptors (Lipinski definition) is 6. The molecule has 0 aliphatic carbocycles. The lowest BCUT2D eigenvalue weighted by Crippen LogP contribution is -2.46. The van der Waals surface area contributed by atoms with Crippen molar-refractivity contribution in [3.63, 3.8) is 0 Å². The minimum absolute atomic E-state index is 0.0355. The van der Waals surface area contributed by atoms with Gasteiger partial charge in [-0.25, -0.2) is 9.55 Å². The van der Waals surface area contributed by atoms with Gasteiger partial charge < -0.3 is 20.3 Å². The minimum atomic E-state index is -4.82. The van der Waals surface area contributed by atoms with Crippen LogP contribution in [0.5, 0.6) is 5.75 Å². The van der Waals surface area contributed by atoms with Crippen LogP contribution in [0, 0.1) is 0 Å². The molecule has 0 radical (unpaired) electrons. The molecule has 3 aromatic carbocycles. The molecule has 2 heterocycles. The number of hydrogen-bond donors (Lipinski definition) is 2. The number of fused-ring (bicyclic) bond motifs is 1. The maximum atomic E-state index is 14.1. The first-order valence-electron chi connectivity index (χ1n) is 14.1. The lowest BCUT2D eigenvalue weighted by molar-refractivity contribution is -0.274. The van der Waals surface area contributed by atoms with Gasteiger partial charge in [0.2, 0.25) is 5.95 Å². The molecule has 0 spiro atoms. The number of nitrogens with one attached hydrogen (secondary N) is 2. The van der Waals surface area contributed by atoms with Gasteiger partial charge in [0.25, 0.3) is 17.4 Å². The SMILES string of the molecule is CNC(=O)c1ccc(-n2c(N[C@H](C)c3ccc(OC(F)(F)F)cc3)nc3c(c2=O)C[C@@H](C)N(C(=O)c2ccc(Cl)c(Cl)c2)C3)cc1. The fraction of sp³-hybridized carbons (Fsp3) is 0.250. The molecule has 2 N–H and O–H groups in total. The molecule has 4 aromatic rings. The monoisotopic (exact) mass is 673 g/mol. The summed E-state index contributed by atoms with van der Waals surface area (Å²) < 4.78 is 43.3. The Hall–Kier alpha value is -4.55. The number of carbonyl (C=O) groups excluding carboxylic acids is 2. The molecule has 240 valence electrons. The van der Waals surface area contributed by atoms with Crippen LogP contribution in [0.25, 0.3) is 5.69 Å².